The summed E-state index contributed by atoms with van der Waals surface area (Å²) < 4.78 is 5.26. The Hall–Kier alpha value is -1.26. The van der Waals surface area contributed by atoms with E-state index in [9.17, 15) is 9.90 Å². The van der Waals surface area contributed by atoms with Crippen molar-refractivity contribution >= 4 is 17.6 Å². The van der Waals surface area contributed by atoms with Gasteiger partial charge in [0.05, 0.1) is 16.2 Å². The van der Waals surface area contributed by atoms with E-state index in [4.69, 9.17) is 21.4 Å². The molecule has 0 heterocycles. The number of carboxylic acids is 1. The molecule has 2 N–H and O–H groups in total. The van der Waals surface area contributed by atoms with Crippen LogP contribution in [0, 0.1) is 0 Å². The van der Waals surface area contributed by atoms with Crippen molar-refractivity contribution < 1.29 is 19.7 Å². The van der Waals surface area contributed by atoms with Crippen LogP contribution in [0.1, 0.15) is 24.2 Å². The van der Waals surface area contributed by atoms with Gasteiger partial charge in [0.15, 0.2) is 0 Å². The van der Waals surface area contributed by atoms with Gasteiger partial charge in [0, 0.05) is 0 Å². The highest BCUT2D eigenvalue weighted by Crippen LogP contribution is 2.26. The molecule has 16 heavy (non-hydrogen) atoms. The Bertz CT molecular complexity index is 395. The highest BCUT2D eigenvalue weighted by atomic mass is 35.5. The predicted octanol–water partition coefficient (Wildman–Crippen LogP) is 2.19. The minimum atomic E-state index is -1.05. The summed E-state index contributed by atoms with van der Waals surface area (Å²) in [6.07, 6.45) is 0. The average molecular weight is 245 g/mol. The molecule has 0 saturated heterocycles. The Morgan fingerprint density at radius 1 is 1.50 bits per heavy atom. The molecule has 5 heteroatoms. The number of hydrogen-bond donors (Lipinski definition) is 2. The highest BCUT2D eigenvalue weighted by Gasteiger charge is 2.15. The molecule has 0 radical (unpaired) electrons. The lowest BCUT2D eigenvalue weighted by atomic mass is 10.1. The lowest BCUT2D eigenvalue weighted by Crippen LogP contribution is -2.27. The number of rotatable bonds is 4. The number of benzene rings is 1. The third kappa shape index (κ3) is 3.72. The van der Waals surface area contributed by atoms with Gasteiger partial charge in [-0.3, -0.25) is 0 Å². The third-order valence-electron chi connectivity index (χ3n) is 1.76. The Kier molecular flexibility index (Phi) is 3.78. The van der Waals surface area contributed by atoms with Crippen molar-refractivity contribution in [2.75, 3.05) is 6.61 Å². The first kappa shape index (κ1) is 12.8. The molecule has 0 aliphatic carbocycles. The second-order valence-electron chi connectivity index (χ2n) is 4.05. The van der Waals surface area contributed by atoms with Gasteiger partial charge in [-0.2, -0.15) is 0 Å². The van der Waals surface area contributed by atoms with Gasteiger partial charge in [-0.1, -0.05) is 11.6 Å². The molecule has 0 fully saturated rings. The lowest BCUT2D eigenvalue weighted by molar-refractivity contribution is 0.0285. The number of carboxylic acid groups (broad SMARTS) is 1. The Morgan fingerprint density at radius 3 is 2.56 bits per heavy atom. The van der Waals surface area contributed by atoms with E-state index in [0.717, 1.165) is 0 Å². The minimum Gasteiger partial charge on any atom is -0.489 e. The van der Waals surface area contributed by atoms with Crippen LogP contribution in [-0.2, 0) is 0 Å². The maximum Gasteiger partial charge on any atom is 0.335 e. The molecule has 0 aliphatic rings. The number of carbonyl (C=O) groups is 1. The molecule has 88 valence electrons. The van der Waals surface area contributed by atoms with E-state index >= 15 is 0 Å². The summed E-state index contributed by atoms with van der Waals surface area (Å²) in [7, 11) is 0. The zero-order valence-corrected chi connectivity index (χ0v) is 9.78. The fraction of sp³-hybridized carbons (Fsp3) is 0.364. The highest BCUT2D eigenvalue weighted by molar-refractivity contribution is 6.32. The van der Waals surface area contributed by atoms with Crippen molar-refractivity contribution in [2.24, 2.45) is 0 Å². The van der Waals surface area contributed by atoms with E-state index in [2.05, 4.69) is 0 Å². The maximum atomic E-state index is 10.6. The molecule has 0 atom stereocenters. The Balaban J connectivity index is 2.80. The number of halogens is 1. The smallest absolute Gasteiger partial charge is 0.335 e. The average Bonchev–Trinajstić information content (AvgIpc) is 2.14. The summed E-state index contributed by atoms with van der Waals surface area (Å²) in [5, 5.41) is 18.4. The molecule has 0 spiro atoms. The van der Waals surface area contributed by atoms with Crippen molar-refractivity contribution in [3.63, 3.8) is 0 Å². The van der Waals surface area contributed by atoms with Gasteiger partial charge in [0.25, 0.3) is 0 Å². The third-order valence-corrected chi connectivity index (χ3v) is 2.06. The van der Waals surface area contributed by atoms with E-state index in [1.54, 1.807) is 13.8 Å². The molecule has 1 aromatic rings. The zero-order valence-electron chi connectivity index (χ0n) is 9.03. The van der Waals surface area contributed by atoms with E-state index < -0.39 is 11.6 Å². The first-order valence-corrected chi connectivity index (χ1v) is 5.05. The Labute approximate surface area is 98.4 Å². The summed E-state index contributed by atoms with van der Waals surface area (Å²) in [5.74, 6) is -0.690. The molecule has 0 amide bonds. The summed E-state index contributed by atoms with van der Waals surface area (Å²) >= 11 is 5.83. The summed E-state index contributed by atoms with van der Waals surface area (Å²) in [4.78, 5) is 10.6. The zero-order chi connectivity index (χ0) is 12.3. The van der Waals surface area contributed by atoms with Crippen LogP contribution in [-0.4, -0.2) is 28.4 Å². The molecule has 0 unspecified atom stereocenters. The first-order chi connectivity index (χ1) is 7.29. The van der Waals surface area contributed by atoms with Gasteiger partial charge in [-0.05, 0) is 32.0 Å². The van der Waals surface area contributed by atoms with Gasteiger partial charge < -0.3 is 14.9 Å². The largest absolute Gasteiger partial charge is 0.489 e. The van der Waals surface area contributed by atoms with Crippen molar-refractivity contribution in [2.45, 2.75) is 19.4 Å². The lowest BCUT2D eigenvalue weighted by Gasteiger charge is -2.18. The van der Waals surface area contributed by atoms with Crippen molar-refractivity contribution in [1.29, 1.82) is 0 Å². The summed E-state index contributed by atoms with van der Waals surface area (Å²) in [5.41, 5.74) is -0.866. The maximum absolute atomic E-state index is 10.6. The van der Waals surface area contributed by atoms with E-state index in [0.29, 0.717) is 5.75 Å². The van der Waals surface area contributed by atoms with Crippen LogP contribution in [0.2, 0.25) is 5.02 Å². The van der Waals surface area contributed by atoms with Gasteiger partial charge >= 0.3 is 5.97 Å². The normalized spacial score (nSPS) is 11.2. The van der Waals surface area contributed by atoms with Crippen molar-refractivity contribution in [3.8, 4) is 5.75 Å². The SMILES string of the molecule is CC(C)(O)COc1ccc(C(=O)O)cc1Cl. The summed E-state index contributed by atoms with van der Waals surface area (Å²) in [6.45, 7) is 3.29. The van der Waals surface area contributed by atoms with Crippen LogP contribution < -0.4 is 4.74 Å². The van der Waals surface area contributed by atoms with Crippen molar-refractivity contribution in [3.05, 3.63) is 28.8 Å². The quantitative estimate of drug-likeness (QED) is 0.852. The number of aliphatic hydroxyl groups is 1. The number of ether oxygens (including phenoxy) is 1. The molecule has 0 aliphatic heterocycles. The van der Waals surface area contributed by atoms with Gasteiger partial charge in [0.1, 0.15) is 12.4 Å². The Morgan fingerprint density at radius 2 is 2.12 bits per heavy atom. The standard InChI is InChI=1S/C11H13ClO4/c1-11(2,15)6-16-9-4-3-7(10(13)14)5-8(9)12/h3-5,15H,6H2,1-2H3,(H,13,14). The number of aromatic carboxylic acids is 1. The van der Waals surface area contributed by atoms with E-state index in [1.807, 2.05) is 0 Å². The van der Waals surface area contributed by atoms with E-state index in [-0.39, 0.29) is 17.2 Å². The van der Waals surface area contributed by atoms with Crippen molar-refractivity contribution in [1.82, 2.24) is 0 Å². The molecular formula is C11H13ClO4. The second kappa shape index (κ2) is 4.72. The predicted molar refractivity (Wildman–Crippen MR) is 60.2 cm³/mol. The molecule has 1 rings (SSSR count). The van der Waals surface area contributed by atoms with Crippen LogP contribution in [0.5, 0.6) is 5.75 Å². The van der Waals surface area contributed by atoms with Gasteiger partial charge in [-0.25, -0.2) is 4.79 Å². The topological polar surface area (TPSA) is 66.8 Å². The van der Waals surface area contributed by atoms with E-state index in [1.165, 1.54) is 18.2 Å². The molecule has 4 nitrogen and oxygen atoms in total. The fourth-order valence-electron chi connectivity index (χ4n) is 1.01. The van der Waals surface area contributed by atoms with Gasteiger partial charge in [0.2, 0.25) is 0 Å². The molecule has 0 saturated carbocycles. The first-order valence-electron chi connectivity index (χ1n) is 4.67. The minimum absolute atomic E-state index is 0.0825. The van der Waals surface area contributed by atoms with Crippen LogP contribution in [0.15, 0.2) is 18.2 Å². The number of hydrogen-bond acceptors (Lipinski definition) is 3. The molecular weight excluding hydrogens is 232 g/mol. The fourth-order valence-corrected chi connectivity index (χ4v) is 1.24. The van der Waals surface area contributed by atoms with Crippen LogP contribution in [0.25, 0.3) is 0 Å². The molecule has 0 aromatic heterocycles. The summed E-state index contributed by atoms with van der Waals surface area (Å²) in [6, 6.07) is 4.18. The van der Waals surface area contributed by atoms with Gasteiger partial charge in [-0.15, -0.1) is 0 Å². The van der Waals surface area contributed by atoms with Crippen LogP contribution in [0.4, 0.5) is 0 Å². The monoisotopic (exact) mass is 244 g/mol. The molecule has 1 aromatic carbocycles. The van der Waals surface area contributed by atoms with Crippen LogP contribution >= 0.6 is 11.6 Å². The van der Waals surface area contributed by atoms with Crippen LogP contribution in [0.3, 0.4) is 0 Å². The second-order valence-corrected chi connectivity index (χ2v) is 4.46. The molecule has 0 bridgehead atoms.